The van der Waals surface area contributed by atoms with Crippen LogP contribution in [0.1, 0.15) is 43.4 Å². The number of Topliss-reactive ketones (excluding diaryl/α,β-unsaturated/α-hetero) is 2. The number of benzene rings is 4. The molecule has 3 aliphatic rings. The number of nitriles is 1. The van der Waals surface area contributed by atoms with Crippen molar-refractivity contribution in [2.24, 2.45) is 5.92 Å². The van der Waals surface area contributed by atoms with Gasteiger partial charge in [0.15, 0.2) is 18.2 Å². The predicted octanol–water partition coefficient (Wildman–Crippen LogP) is 5.58. The summed E-state index contributed by atoms with van der Waals surface area (Å²) in [7, 11) is 1.50. The maximum absolute atomic E-state index is 14.9. The maximum Gasteiger partial charge on any atom is 0.238 e. The molecule has 8 heteroatoms. The van der Waals surface area contributed by atoms with Gasteiger partial charge in [-0.15, -0.1) is 0 Å². The minimum absolute atomic E-state index is 0.131. The molecular formula is C36H27N3O5. The number of methoxy groups -OCH3 is 1. The number of hydrogen-bond donors (Lipinski definition) is 1. The summed E-state index contributed by atoms with van der Waals surface area (Å²) >= 11 is 0. The summed E-state index contributed by atoms with van der Waals surface area (Å²) in [5, 5.41) is 12.0. The van der Waals surface area contributed by atoms with Crippen LogP contribution in [0.5, 0.6) is 11.5 Å². The topological polar surface area (TPSA) is 109 Å². The molecule has 8 nitrogen and oxygen atoms in total. The van der Waals surface area contributed by atoms with Gasteiger partial charge >= 0.3 is 0 Å². The SMILES string of the molecule is COc1ccccc1C(=O)[C@@H]1[C@@H](C(=O)c2ccc(OCC#N)cc2)[C@]2(C(=O)Nc3ccccc32)[C@H]2c3ccccc3C=CN12. The number of carbonyl (C=O) groups is 3. The Kier molecular flexibility index (Phi) is 6.51. The summed E-state index contributed by atoms with van der Waals surface area (Å²) in [6, 6.07) is 28.8. The summed E-state index contributed by atoms with van der Waals surface area (Å²) in [6.07, 6.45) is 3.77. The second-order valence-electron chi connectivity index (χ2n) is 11.0. The van der Waals surface area contributed by atoms with Crippen LogP contribution in [-0.2, 0) is 10.2 Å². The van der Waals surface area contributed by atoms with E-state index in [1.165, 1.54) is 7.11 Å². The van der Waals surface area contributed by atoms with E-state index in [0.29, 0.717) is 33.9 Å². The van der Waals surface area contributed by atoms with Crippen LogP contribution in [0, 0.1) is 17.2 Å². The second kappa shape index (κ2) is 10.5. The standard InChI is InChI=1S/C36H27N3O5/c1-43-29-13-7-4-10-26(29)33(41)31-30(32(40)23-14-16-24(17-15-23)44-21-19-37)36(27-11-5-6-12-28(27)38-35(36)42)34-25-9-3-2-8-22(25)18-20-39(31)34/h2-18,20,30-31,34H,21H2,1H3,(H,38,42)/t30-,31-,34+,36-/m0/s1. The van der Waals surface area contributed by atoms with Crippen molar-refractivity contribution >= 4 is 29.2 Å². The first-order valence-electron chi connectivity index (χ1n) is 14.3. The number of rotatable bonds is 7. The van der Waals surface area contributed by atoms with Gasteiger partial charge in [-0.25, -0.2) is 0 Å². The first-order valence-corrected chi connectivity index (χ1v) is 14.3. The Hall–Kier alpha value is -5.68. The molecule has 0 bridgehead atoms. The summed E-state index contributed by atoms with van der Waals surface area (Å²) in [5.41, 5.74) is 2.28. The molecule has 0 radical (unpaired) electrons. The number of anilines is 1. The van der Waals surface area contributed by atoms with E-state index in [-0.39, 0.29) is 24.1 Å². The van der Waals surface area contributed by atoms with Gasteiger partial charge in [0.1, 0.15) is 29.0 Å². The number of amides is 1. The van der Waals surface area contributed by atoms with Gasteiger partial charge in [-0.3, -0.25) is 14.4 Å². The molecule has 1 spiro atoms. The third-order valence-electron chi connectivity index (χ3n) is 8.94. The van der Waals surface area contributed by atoms with Crippen molar-refractivity contribution in [3.63, 3.8) is 0 Å². The quantitative estimate of drug-likeness (QED) is 0.284. The van der Waals surface area contributed by atoms with Crippen molar-refractivity contribution in [3.8, 4) is 17.6 Å². The van der Waals surface area contributed by atoms with Gasteiger partial charge in [-0.05, 0) is 65.2 Å². The Morgan fingerprint density at radius 3 is 2.45 bits per heavy atom. The fraction of sp³-hybridized carbons (Fsp3) is 0.167. The summed E-state index contributed by atoms with van der Waals surface area (Å²) in [4.78, 5) is 46.2. The molecule has 216 valence electrons. The average Bonchev–Trinajstić information content (AvgIpc) is 3.55. The Morgan fingerprint density at radius 2 is 1.66 bits per heavy atom. The second-order valence-corrected chi connectivity index (χ2v) is 11.0. The van der Waals surface area contributed by atoms with Crippen molar-refractivity contribution in [3.05, 3.63) is 131 Å². The summed E-state index contributed by atoms with van der Waals surface area (Å²) in [6.45, 7) is -0.131. The molecule has 0 unspecified atom stereocenters. The first kappa shape index (κ1) is 27.2. The molecule has 3 heterocycles. The van der Waals surface area contributed by atoms with Crippen molar-refractivity contribution in [1.82, 2.24) is 4.90 Å². The summed E-state index contributed by atoms with van der Waals surface area (Å²) in [5.74, 6) is -1.30. The Morgan fingerprint density at radius 1 is 0.932 bits per heavy atom. The minimum atomic E-state index is -1.44. The fourth-order valence-corrected chi connectivity index (χ4v) is 7.19. The van der Waals surface area contributed by atoms with Crippen LogP contribution >= 0.6 is 0 Å². The molecule has 4 aromatic rings. The highest BCUT2D eigenvalue weighted by atomic mass is 16.5. The molecule has 4 aromatic carbocycles. The van der Waals surface area contributed by atoms with Gasteiger partial charge in [0.05, 0.1) is 24.6 Å². The van der Waals surface area contributed by atoms with Crippen molar-refractivity contribution < 1.29 is 23.9 Å². The first-order chi connectivity index (χ1) is 21.5. The number of nitrogens with one attached hydrogen (secondary N) is 1. The number of hydrogen-bond acceptors (Lipinski definition) is 7. The van der Waals surface area contributed by atoms with Gasteiger partial charge in [-0.1, -0.05) is 54.6 Å². The van der Waals surface area contributed by atoms with E-state index in [4.69, 9.17) is 14.7 Å². The molecule has 0 aromatic heterocycles. The molecule has 1 saturated heterocycles. The van der Waals surface area contributed by atoms with E-state index in [0.717, 1.165) is 11.1 Å². The zero-order valence-corrected chi connectivity index (χ0v) is 23.8. The average molecular weight is 582 g/mol. The highest BCUT2D eigenvalue weighted by Gasteiger charge is 2.70. The van der Waals surface area contributed by atoms with Crippen LogP contribution in [0.2, 0.25) is 0 Å². The van der Waals surface area contributed by atoms with E-state index in [9.17, 15) is 14.4 Å². The van der Waals surface area contributed by atoms with E-state index in [1.807, 2.05) is 71.8 Å². The van der Waals surface area contributed by atoms with Crippen LogP contribution in [0.25, 0.3) is 6.08 Å². The van der Waals surface area contributed by atoms with E-state index in [2.05, 4.69) is 5.32 Å². The highest BCUT2D eigenvalue weighted by molar-refractivity contribution is 6.17. The summed E-state index contributed by atoms with van der Waals surface area (Å²) < 4.78 is 11.0. The molecule has 1 N–H and O–H groups in total. The zero-order chi connectivity index (χ0) is 30.4. The molecule has 4 atom stereocenters. The number of nitrogens with zero attached hydrogens (tertiary/aromatic N) is 2. The third-order valence-corrected chi connectivity index (χ3v) is 8.94. The number of ether oxygens (including phenoxy) is 2. The van der Waals surface area contributed by atoms with Crippen molar-refractivity contribution in [2.45, 2.75) is 17.5 Å². The number of para-hydroxylation sites is 2. The molecule has 0 saturated carbocycles. The molecule has 1 amide bonds. The van der Waals surface area contributed by atoms with Crippen LogP contribution in [0.3, 0.4) is 0 Å². The zero-order valence-electron chi connectivity index (χ0n) is 23.8. The number of fused-ring (bicyclic) bond motifs is 6. The van der Waals surface area contributed by atoms with Crippen LogP contribution < -0.4 is 14.8 Å². The van der Waals surface area contributed by atoms with Gasteiger partial charge in [-0.2, -0.15) is 5.26 Å². The van der Waals surface area contributed by atoms with Crippen molar-refractivity contribution in [2.75, 3.05) is 19.0 Å². The monoisotopic (exact) mass is 581 g/mol. The molecule has 3 aliphatic heterocycles. The lowest BCUT2D eigenvalue weighted by atomic mass is 9.62. The van der Waals surface area contributed by atoms with Gasteiger partial charge in [0.25, 0.3) is 0 Å². The lowest BCUT2D eigenvalue weighted by molar-refractivity contribution is -0.122. The minimum Gasteiger partial charge on any atom is -0.496 e. The predicted molar refractivity (Wildman–Crippen MR) is 163 cm³/mol. The highest BCUT2D eigenvalue weighted by Crippen LogP contribution is 2.62. The fourth-order valence-electron chi connectivity index (χ4n) is 7.19. The normalized spacial score (nSPS) is 22.4. The third kappa shape index (κ3) is 3.86. The smallest absolute Gasteiger partial charge is 0.238 e. The van der Waals surface area contributed by atoms with Crippen LogP contribution in [0.4, 0.5) is 5.69 Å². The number of carbonyl (C=O) groups excluding carboxylic acids is 3. The van der Waals surface area contributed by atoms with E-state index >= 15 is 0 Å². The molecular weight excluding hydrogens is 554 g/mol. The largest absolute Gasteiger partial charge is 0.496 e. The molecule has 7 rings (SSSR count). The molecule has 0 aliphatic carbocycles. The van der Waals surface area contributed by atoms with E-state index < -0.39 is 23.4 Å². The van der Waals surface area contributed by atoms with Gasteiger partial charge in [0, 0.05) is 17.5 Å². The van der Waals surface area contributed by atoms with Gasteiger partial charge < -0.3 is 19.7 Å². The lowest BCUT2D eigenvalue weighted by Gasteiger charge is -2.38. The molecule has 1 fully saturated rings. The van der Waals surface area contributed by atoms with Crippen molar-refractivity contribution in [1.29, 1.82) is 5.26 Å². The number of ketones is 2. The Bertz CT molecular complexity index is 1890. The van der Waals surface area contributed by atoms with Crippen LogP contribution in [-0.4, -0.2) is 42.1 Å². The lowest BCUT2D eigenvalue weighted by Crippen LogP contribution is -2.49. The Balaban J connectivity index is 1.49. The van der Waals surface area contributed by atoms with E-state index in [1.54, 1.807) is 48.5 Å². The molecule has 44 heavy (non-hydrogen) atoms. The van der Waals surface area contributed by atoms with Gasteiger partial charge in [0.2, 0.25) is 5.91 Å². The maximum atomic E-state index is 14.9. The Labute approximate surface area is 254 Å². The van der Waals surface area contributed by atoms with Crippen LogP contribution in [0.15, 0.2) is 103 Å².